The van der Waals surface area contributed by atoms with Crippen molar-refractivity contribution in [3.63, 3.8) is 0 Å². The third-order valence-corrected chi connectivity index (χ3v) is 4.17. The minimum Gasteiger partial charge on any atom is -0.185 e. The van der Waals surface area contributed by atoms with Crippen molar-refractivity contribution < 1.29 is 0 Å². The van der Waals surface area contributed by atoms with Gasteiger partial charge in [-0.25, -0.2) is 0 Å². The highest BCUT2D eigenvalue weighted by Crippen LogP contribution is 2.35. The Morgan fingerprint density at radius 2 is 1.33 bits per heavy atom. The van der Waals surface area contributed by atoms with Crippen LogP contribution < -0.4 is 0 Å². The predicted molar refractivity (Wildman–Crippen MR) is 52.5 cm³/mol. The number of nitrogens with zero attached hydrogens (tertiary/aromatic N) is 2. The zero-order valence-corrected chi connectivity index (χ0v) is 8.33. The second-order valence-electron chi connectivity index (χ2n) is 2.78. The molecule has 0 aliphatic heterocycles. The summed E-state index contributed by atoms with van der Waals surface area (Å²) in [4.78, 5) is 0. The van der Waals surface area contributed by atoms with Gasteiger partial charge in [0.25, 0.3) is 0 Å². The lowest BCUT2D eigenvalue weighted by molar-refractivity contribution is 0.529. The second-order valence-corrected chi connectivity index (χ2v) is 4.83. The number of thiocyanates is 2. The molecule has 4 heteroatoms. The Morgan fingerprint density at radius 3 is 1.67 bits per heavy atom. The summed E-state index contributed by atoms with van der Waals surface area (Å²) in [6.45, 7) is 0. The molecule has 1 aliphatic carbocycles. The van der Waals surface area contributed by atoms with E-state index in [-0.39, 0.29) is 0 Å². The molecule has 64 valence electrons. The number of nitriles is 2. The molecule has 0 bridgehead atoms. The van der Waals surface area contributed by atoms with Crippen LogP contribution in [0.3, 0.4) is 0 Å². The van der Waals surface area contributed by atoms with Gasteiger partial charge < -0.3 is 0 Å². The molecule has 0 aromatic rings. The van der Waals surface area contributed by atoms with Crippen LogP contribution in [0.15, 0.2) is 0 Å². The minimum atomic E-state index is 0.383. The van der Waals surface area contributed by atoms with E-state index in [9.17, 15) is 0 Å². The van der Waals surface area contributed by atoms with E-state index >= 15 is 0 Å². The summed E-state index contributed by atoms with van der Waals surface area (Å²) in [6, 6.07) is 0. The van der Waals surface area contributed by atoms with Gasteiger partial charge in [-0.1, -0.05) is 12.8 Å². The molecule has 0 aromatic carbocycles. The largest absolute Gasteiger partial charge is 0.185 e. The van der Waals surface area contributed by atoms with E-state index in [2.05, 4.69) is 10.8 Å². The molecule has 0 heterocycles. The summed E-state index contributed by atoms with van der Waals surface area (Å²) in [5.74, 6) is 0. The van der Waals surface area contributed by atoms with Gasteiger partial charge in [0.2, 0.25) is 0 Å². The van der Waals surface area contributed by atoms with E-state index in [0.717, 1.165) is 12.8 Å². The zero-order valence-electron chi connectivity index (χ0n) is 6.69. The van der Waals surface area contributed by atoms with Gasteiger partial charge in [-0.15, -0.1) is 0 Å². The zero-order chi connectivity index (χ0) is 8.81. The molecule has 0 amide bonds. The Bertz CT molecular complexity index is 192. The summed E-state index contributed by atoms with van der Waals surface area (Å²) >= 11 is 2.67. The van der Waals surface area contributed by atoms with Gasteiger partial charge in [-0.3, -0.25) is 0 Å². The normalized spacial score (nSPS) is 28.8. The van der Waals surface area contributed by atoms with Crippen LogP contribution in [0.2, 0.25) is 0 Å². The quantitative estimate of drug-likeness (QED) is 0.640. The maximum absolute atomic E-state index is 8.53. The van der Waals surface area contributed by atoms with E-state index in [1.807, 2.05) is 0 Å². The van der Waals surface area contributed by atoms with Gasteiger partial charge in [-0.2, -0.15) is 10.5 Å². The topological polar surface area (TPSA) is 47.6 Å². The van der Waals surface area contributed by atoms with Crippen LogP contribution in [0.1, 0.15) is 25.7 Å². The molecule has 0 aromatic heterocycles. The molecule has 0 unspecified atom stereocenters. The molecule has 0 N–H and O–H groups in total. The van der Waals surface area contributed by atoms with Crippen LogP contribution in [0.5, 0.6) is 0 Å². The molecule has 0 saturated heterocycles. The molecule has 1 saturated carbocycles. The van der Waals surface area contributed by atoms with Crippen molar-refractivity contribution in [3.05, 3.63) is 0 Å². The number of rotatable bonds is 2. The minimum absolute atomic E-state index is 0.383. The lowest BCUT2D eigenvalue weighted by atomic mass is 10.00. The van der Waals surface area contributed by atoms with Crippen LogP contribution in [0, 0.1) is 21.3 Å². The molecule has 0 spiro atoms. The Kier molecular flexibility index (Phi) is 4.35. The number of hydrogen-bond donors (Lipinski definition) is 0. The second kappa shape index (κ2) is 5.35. The van der Waals surface area contributed by atoms with Gasteiger partial charge in [0.05, 0.1) is 0 Å². The van der Waals surface area contributed by atoms with Crippen molar-refractivity contribution >= 4 is 23.5 Å². The maximum Gasteiger partial charge on any atom is 0.133 e. The summed E-state index contributed by atoms with van der Waals surface area (Å²) in [5, 5.41) is 22.1. The molecule has 1 aliphatic rings. The monoisotopic (exact) mass is 198 g/mol. The van der Waals surface area contributed by atoms with Crippen molar-refractivity contribution in [2.24, 2.45) is 0 Å². The van der Waals surface area contributed by atoms with Gasteiger partial charge in [-0.05, 0) is 36.4 Å². The Morgan fingerprint density at radius 1 is 0.917 bits per heavy atom. The molecule has 1 fully saturated rings. The highest BCUT2D eigenvalue weighted by Gasteiger charge is 2.26. The number of hydrogen-bond acceptors (Lipinski definition) is 4. The van der Waals surface area contributed by atoms with E-state index in [1.165, 1.54) is 36.4 Å². The maximum atomic E-state index is 8.53. The smallest absolute Gasteiger partial charge is 0.133 e. The van der Waals surface area contributed by atoms with E-state index in [1.54, 1.807) is 0 Å². The van der Waals surface area contributed by atoms with Crippen molar-refractivity contribution in [2.75, 3.05) is 0 Å². The summed E-state index contributed by atoms with van der Waals surface area (Å²) in [7, 11) is 0. The summed E-state index contributed by atoms with van der Waals surface area (Å²) < 4.78 is 0. The SMILES string of the molecule is N#CS[C@@H]1CCCC[C@H]1SC#N. The first-order valence-electron chi connectivity index (χ1n) is 3.98. The average molecular weight is 198 g/mol. The van der Waals surface area contributed by atoms with Crippen LogP contribution in [-0.2, 0) is 0 Å². The summed E-state index contributed by atoms with van der Waals surface area (Å²) in [6.07, 6.45) is 4.61. The fraction of sp³-hybridized carbons (Fsp3) is 0.750. The summed E-state index contributed by atoms with van der Waals surface area (Å²) in [5.41, 5.74) is 0. The van der Waals surface area contributed by atoms with E-state index in [4.69, 9.17) is 10.5 Å². The first kappa shape index (κ1) is 9.77. The van der Waals surface area contributed by atoms with Crippen LogP contribution in [0.25, 0.3) is 0 Å². The van der Waals surface area contributed by atoms with Crippen molar-refractivity contribution in [2.45, 2.75) is 36.2 Å². The Labute approximate surface area is 81.3 Å². The van der Waals surface area contributed by atoms with Crippen LogP contribution in [-0.4, -0.2) is 10.5 Å². The highest BCUT2D eigenvalue weighted by atomic mass is 32.2. The van der Waals surface area contributed by atoms with Crippen molar-refractivity contribution in [1.29, 1.82) is 10.5 Å². The van der Waals surface area contributed by atoms with E-state index < -0.39 is 0 Å². The molecule has 2 atom stereocenters. The number of thioether (sulfide) groups is 2. The van der Waals surface area contributed by atoms with Gasteiger partial charge in [0.1, 0.15) is 10.8 Å². The van der Waals surface area contributed by atoms with Crippen molar-refractivity contribution in [3.8, 4) is 10.8 Å². The van der Waals surface area contributed by atoms with Crippen LogP contribution in [0.4, 0.5) is 0 Å². The average Bonchev–Trinajstić information content (AvgIpc) is 2.09. The lowest BCUT2D eigenvalue weighted by Crippen LogP contribution is -2.23. The molecule has 12 heavy (non-hydrogen) atoms. The third-order valence-electron chi connectivity index (χ3n) is 2.05. The fourth-order valence-electron chi connectivity index (χ4n) is 1.47. The first-order valence-corrected chi connectivity index (χ1v) is 5.74. The lowest BCUT2D eigenvalue weighted by Gasteiger charge is -2.25. The Balaban J connectivity index is 2.44. The van der Waals surface area contributed by atoms with Crippen LogP contribution >= 0.6 is 23.5 Å². The molecule has 1 rings (SSSR count). The highest BCUT2D eigenvalue weighted by molar-refractivity contribution is 8.08. The van der Waals surface area contributed by atoms with Gasteiger partial charge >= 0.3 is 0 Å². The van der Waals surface area contributed by atoms with Crippen molar-refractivity contribution in [1.82, 2.24) is 0 Å². The molecule has 0 radical (unpaired) electrons. The first-order chi connectivity index (χ1) is 5.88. The standard InChI is InChI=1S/C8H10N2S2/c9-5-11-7-3-1-2-4-8(7)12-6-10/h7-8H,1-4H2/t7-,8-/m1/s1. The molecular weight excluding hydrogens is 188 g/mol. The predicted octanol–water partition coefficient (Wildman–Crippen LogP) is 2.73. The Hall–Kier alpha value is -0.320. The third kappa shape index (κ3) is 2.62. The molecular formula is C8H10N2S2. The fourth-order valence-corrected chi connectivity index (χ4v) is 3.22. The van der Waals surface area contributed by atoms with Gasteiger partial charge in [0, 0.05) is 10.5 Å². The molecule has 2 nitrogen and oxygen atoms in total. The van der Waals surface area contributed by atoms with E-state index in [0.29, 0.717) is 10.5 Å². The van der Waals surface area contributed by atoms with Gasteiger partial charge in [0.15, 0.2) is 0 Å².